The SMILES string of the molecule is COc1ccc(CNC(=O)c2cnn(Cc3ccccc3)c2)c(OC)c1. The highest BCUT2D eigenvalue weighted by molar-refractivity contribution is 5.93. The molecule has 0 saturated carbocycles. The van der Waals surface area contributed by atoms with Crippen LogP contribution in [-0.4, -0.2) is 29.9 Å². The molecular formula is C20H21N3O3. The summed E-state index contributed by atoms with van der Waals surface area (Å²) in [6, 6.07) is 15.5. The Hall–Kier alpha value is -3.28. The molecule has 1 aromatic heterocycles. The summed E-state index contributed by atoms with van der Waals surface area (Å²) in [6.07, 6.45) is 3.32. The maximum absolute atomic E-state index is 12.4. The van der Waals surface area contributed by atoms with Gasteiger partial charge in [0.25, 0.3) is 5.91 Å². The molecule has 0 unspecified atom stereocenters. The average molecular weight is 351 g/mol. The van der Waals surface area contributed by atoms with Crippen molar-refractivity contribution in [3.8, 4) is 11.5 Å². The number of methoxy groups -OCH3 is 2. The van der Waals surface area contributed by atoms with Gasteiger partial charge in [-0.15, -0.1) is 0 Å². The number of amides is 1. The minimum atomic E-state index is -0.179. The van der Waals surface area contributed by atoms with E-state index < -0.39 is 0 Å². The van der Waals surface area contributed by atoms with Crippen molar-refractivity contribution in [3.05, 3.63) is 77.6 Å². The minimum absolute atomic E-state index is 0.179. The summed E-state index contributed by atoms with van der Waals surface area (Å²) in [7, 11) is 3.19. The van der Waals surface area contributed by atoms with Crippen LogP contribution in [0.4, 0.5) is 0 Å². The van der Waals surface area contributed by atoms with Crippen molar-refractivity contribution in [2.75, 3.05) is 14.2 Å². The van der Waals surface area contributed by atoms with E-state index in [1.54, 1.807) is 37.4 Å². The highest BCUT2D eigenvalue weighted by Crippen LogP contribution is 2.24. The number of carbonyl (C=O) groups excluding carboxylic acids is 1. The summed E-state index contributed by atoms with van der Waals surface area (Å²) >= 11 is 0. The monoisotopic (exact) mass is 351 g/mol. The first-order valence-corrected chi connectivity index (χ1v) is 8.25. The first kappa shape index (κ1) is 17.5. The van der Waals surface area contributed by atoms with Gasteiger partial charge in [0.1, 0.15) is 11.5 Å². The molecule has 0 saturated heterocycles. The molecule has 0 fully saturated rings. The zero-order chi connectivity index (χ0) is 18.4. The van der Waals surface area contributed by atoms with Crippen molar-refractivity contribution in [1.82, 2.24) is 15.1 Å². The largest absolute Gasteiger partial charge is 0.497 e. The van der Waals surface area contributed by atoms with Crippen LogP contribution in [0.25, 0.3) is 0 Å². The van der Waals surface area contributed by atoms with E-state index in [9.17, 15) is 4.79 Å². The first-order valence-electron chi connectivity index (χ1n) is 8.25. The molecule has 134 valence electrons. The number of rotatable bonds is 7. The van der Waals surface area contributed by atoms with E-state index in [1.165, 1.54) is 0 Å². The van der Waals surface area contributed by atoms with Gasteiger partial charge in [0.15, 0.2) is 0 Å². The molecular weight excluding hydrogens is 330 g/mol. The topological polar surface area (TPSA) is 65.4 Å². The summed E-state index contributed by atoms with van der Waals surface area (Å²) in [6.45, 7) is 0.982. The van der Waals surface area contributed by atoms with E-state index in [1.807, 2.05) is 42.5 Å². The smallest absolute Gasteiger partial charge is 0.254 e. The zero-order valence-electron chi connectivity index (χ0n) is 14.8. The predicted molar refractivity (Wildman–Crippen MR) is 98.5 cm³/mol. The Morgan fingerprint density at radius 3 is 2.65 bits per heavy atom. The second-order valence-corrected chi connectivity index (χ2v) is 5.77. The molecule has 0 aliphatic heterocycles. The molecule has 1 heterocycles. The molecule has 0 bridgehead atoms. The number of nitrogens with one attached hydrogen (secondary N) is 1. The van der Waals surface area contributed by atoms with E-state index in [4.69, 9.17) is 9.47 Å². The molecule has 0 aliphatic carbocycles. The van der Waals surface area contributed by atoms with Crippen molar-refractivity contribution in [2.45, 2.75) is 13.1 Å². The third kappa shape index (κ3) is 4.22. The molecule has 3 rings (SSSR count). The van der Waals surface area contributed by atoms with Gasteiger partial charge in [0, 0.05) is 24.4 Å². The number of hydrogen-bond acceptors (Lipinski definition) is 4. The molecule has 0 radical (unpaired) electrons. The molecule has 1 N–H and O–H groups in total. The summed E-state index contributed by atoms with van der Waals surface area (Å²) in [5.74, 6) is 1.20. The molecule has 0 spiro atoms. The van der Waals surface area contributed by atoms with Crippen LogP contribution in [0.5, 0.6) is 11.5 Å². The van der Waals surface area contributed by atoms with Gasteiger partial charge in [-0.1, -0.05) is 30.3 Å². The highest BCUT2D eigenvalue weighted by Gasteiger charge is 2.11. The average Bonchev–Trinajstić information content (AvgIpc) is 3.15. The fraction of sp³-hybridized carbons (Fsp3) is 0.200. The third-order valence-electron chi connectivity index (χ3n) is 4.02. The van der Waals surface area contributed by atoms with Crippen LogP contribution >= 0.6 is 0 Å². The van der Waals surface area contributed by atoms with Crippen LogP contribution in [-0.2, 0) is 13.1 Å². The number of aromatic nitrogens is 2. The van der Waals surface area contributed by atoms with Gasteiger partial charge in [-0.25, -0.2) is 0 Å². The van der Waals surface area contributed by atoms with Crippen LogP contribution in [0.3, 0.4) is 0 Å². The van der Waals surface area contributed by atoms with Crippen LogP contribution in [0, 0.1) is 0 Å². The Morgan fingerprint density at radius 1 is 1.12 bits per heavy atom. The van der Waals surface area contributed by atoms with Crippen molar-refractivity contribution in [3.63, 3.8) is 0 Å². The van der Waals surface area contributed by atoms with Gasteiger partial charge < -0.3 is 14.8 Å². The standard InChI is InChI=1S/C20H21N3O3/c1-25-18-9-8-16(19(10-18)26-2)11-21-20(24)17-12-22-23(14-17)13-15-6-4-3-5-7-15/h3-10,12,14H,11,13H2,1-2H3,(H,21,24). The van der Waals surface area contributed by atoms with Gasteiger partial charge in [-0.3, -0.25) is 9.48 Å². The molecule has 0 atom stereocenters. The van der Waals surface area contributed by atoms with Gasteiger partial charge in [0.2, 0.25) is 0 Å². The van der Waals surface area contributed by atoms with Crippen LogP contribution in [0.2, 0.25) is 0 Å². The fourth-order valence-electron chi connectivity index (χ4n) is 2.61. The Bertz CT molecular complexity index is 875. The Morgan fingerprint density at radius 2 is 1.92 bits per heavy atom. The number of nitrogens with zero attached hydrogens (tertiary/aromatic N) is 2. The molecule has 1 amide bonds. The van der Waals surface area contributed by atoms with Crippen LogP contribution in [0.1, 0.15) is 21.5 Å². The van der Waals surface area contributed by atoms with Gasteiger partial charge in [0.05, 0.1) is 32.5 Å². The summed E-state index contributed by atoms with van der Waals surface area (Å²) in [4.78, 5) is 12.4. The summed E-state index contributed by atoms with van der Waals surface area (Å²) in [5.41, 5.74) is 2.53. The van der Waals surface area contributed by atoms with Gasteiger partial charge >= 0.3 is 0 Å². The molecule has 6 heteroatoms. The van der Waals surface area contributed by atoms with Crippen molar-refractivity contribution >= 4 is 5.91 Å². The Balaban J connectivity index is 1.62. The van der Waals surface area contributed by atoms with E-state index in [2.05, 4.69) is 10.4 Å². The lowest BCUT2D eigenvalue weighted by Gasteiger charge is -2.11. The van der Waals surface area contributed by atoms with Crippen molar-refractivity contribution < 1.29 is 14.3 Å². The fourth-order valence-corrected chi connectivity index (χ4v) is 2.61. The maximum Gasteiger partial charge on any atom is 0.254 e. The minimum Gasteiger partial charge on any atom is -0.497 e. The zero-order valence-corrected chi connectivity index (χ0v) is 14.8. The number of hydrogen-bond donors (Lipinski definition) is 1. The Labute approximate surface area is 152 Å². The molecule has 3 aromatic rings. The van der Waals surface area contributed by atoms with E-state index in [0.717, 1.165) is 11.1 Å². The number of benzene rings is 2. The van der Waals surface area contributed by atoms with Crippen LogP contribution < -0.4 is 14.8 Å². The van der Waals surface area contributed by atoms with E-state index in [-0.39, 0.29) is 5.91 Å². The summed E-state index contributed by atoms with van der Waals surface area (Å²) in [5, 5.41) is 7.15. The normalized spacial score (nSPS) is 10.4. The lowest BCUT2D eigenvalue weighted by Crippen LogP contribution is -2.22. The summed E-state index contributed by atoms with van der Waals surface area (Å²) < 4.78 is 12.3. The number of carbonyl (C=O) groups is 1. The van der Waals surface area contributed by atoms with Crippen molar-refractivity contribution in [2.24, 2.45) is 0 Å². The predicted octanol–water partition coefficient (Wildman–Crippen LogP) is 2.88. The van der Waals surface area contributed by atoms with Crippen molar-refractivity contribution in [1.29, 1.82) is 0 Å². The van der Waals surface area contributed by atoms with E-state index in [0.29, 0.717) is 30.2 Å². The second kappa shape index (κ2) is 8.20. The quantitative estimate of drug-likeness (QED) is 0.711. The maximum atomic E-state index is 12.4. The molecule has 6 nitrogen and oxygen atoms in total. The first-order chi connectivity index (χ1) is 12.7. The van der Waals surface area contributed by atoms with Gasteiger partial charge in [-0.2, -0.15) is 5.10 Å². The molecule has 26 heavy (non-hydrogen) atoms. The molecule has 0 aliphatic rings. The number of ether oxygens (including phenoxy) is 2. The van der Waals surface area contributed by atoms with Gasteiger partial charge in [-0.05, 0) is 17.7 Å². The highest BCUT2D eigenvalue weighted by atomic mass is 16.5. The lowest BCUT2D eigenvalue weighted by molar-refractivity contribution is 0.0950. The second-order valence-electron chi connectivity index (χ2n) is 5.77. The Kier molecular flexibility index (Phi) is 5.53. The van der Waals surface area contributed by atoms with E-state index >= 15 is 0 Å². The third-order valence-corrected chi connectivity index (χ3v) is 4.02. The van der Waals surface area contributed by atoms with Crippen LogP contribution in [0.15, 0.2) is 60.9 Å². The lowest BCUT2D eigenvalue weighted by atomic mass is 10.2. The molecule has 2 aromatic carbocycles.